The zero-order chi connectivity index (χ0) is 28.1. The van der Waals surface area contributed by atoms with E-state index in [0.717, 1.165) is 4.68 Å². The highest BCUT2D eigenvalue weighted by atomic mass is 35.5. The summed E-state index contributed by atoms with van der Waals surface area (Å²) in [6, 6.07) is 4.33. The molecule has 0 bridgehead atoms. The maximum Gasteiger partial charge on any atom is 0.455 e. The van der Waals surface area contributed by atoms with Gasteiger partial charge in [0.25, 0.3) is 17.6 Å². The largest absolute Gasteiger partial charge is 0.455 e. The SMILES string of the molecule is Cc1cc2cn[nH]c2c(C(N)=O)c1NC(=O)c1cc(Cn2nnc(C(F)(F)F)n2)nn1-c1ncc(Cl)cc1Cl. The molecule has 0 aliphatic carbocycles. The summed E-state index contributed by atoms with van der Waals surface area (Å²) in [5, 5.41) is 24.0. The molecule has 39 heavy (non-hydrogen) atoms. The second kappa shape index (κ2) is 9.63. The van der Waals surface area contributed by atoms with E-state index in [0.29, 0.717) is 21.3 Å². The summed E-state index contributed by atoms with van der Waals surface area (Å²) in [6.07, 6.45) is -2.03. The van der Waals surface area contributed by atoms with Crippen molar-refractivity contribution in [2.75, 3.05) is 5.32 Å². The van der Waals surface area contributed by atoms with Gasteiger partial charge in [-0.25, -0.2) is 9.67 Å². The Morgan fingerprint density at radius 3 is 2.59 bits per heavy atom. The van der Waals surface area contributed by atoms with E-state index < -0.39 is 23.8 Å². The van der Waals surface area contributed by atoms with Gasteiger partial charge in [-0.05, 0) is 35.9 Å². The summed E-state index contributed by atoms with van der Waals surface area (Å²) < 4.78 is 39.8. The number of nitrogens with one attached hydrogen (secondary N) is 2. The number of benzene rings is 1. The molecule has 1 aromatic carbocycles. The van der Waals surface area contributed by atoms with E-state index in [1.54, 1.807) is 13.0 Å². The number of hydrogen-bond acceptors (Lipinski definition) is 8. The zero-order valence-corrected chi connectivity index (χ0v) is 21.0. The van der Waals surface area contributed by atoms with E-state index in [1.165, 1.54) is 24.5 Å². The number of nitrogens with two attached hydrogens (primary N) is 1. The van der Waals surface area contributed by atoms with E-state index in [1.807, 2.05) is 0 Å². The number of nitrogens with zero attached hydrogens (tertiary/aromatic N) is 8. The van der Waals surface area contributed by atoms with Crippen LogP contribution in [0.4, 0.5) is 18.9 Å². The fourth-order valence-corrected chi connectivity index (χ4v) is 4.24. The molecular formula is C21H14Cl2F3N11O2. The van der Waals surface area contributed by atoms with Crippen LogP contribution in [0.3, 0.4) is 0 Å². The summed E-state index contributed by atoms with van der Waals surface area (Å²) in [7, 11) is 0. The number of primary amides is 1. The van der Waals surface area contributed by atoms with Crippen LogP contribution in [-0.4, -0.2) is 57.0 Å². The van der Waals surface area contributed by atoms with Gasteiger partial charge in [0.15, 0.2) is 5.82 Å². The Morgan fingerprint density at radius 1 is 1.15 bits per heavy atom. The number of hydrogen-bond donors (Lipinski definition) is 3. The molecule has 0 saturated carbocycles. The maximum atomic E-state index is 13.5. The second-order valence-electron chi connectivity index (χ2n) is 8.13. The second-order valence-corrected chi connectivity index (χ2v) is 8.97. The van der Waals surface area contributed by atoms with Gasteiger partial charge >= 0.3 is 6.18 Å². The first-order valence-corrected chi connectivity index (χ1v) is 11.5. The number of fused-ring (bicyclic) bond motifs is 1. The van der Waals surface area contributed by atoms with E-state index in [2.05, 4.69) is 41.0 Å². The standard InChI is InChI=1S/C21H14Cl2F3N11O2/c1-8-2-9-5-29-31-16(9)14(17(27)38)15(8)30-19(39)13-4-11(7-36-34-20(32-35-36)21(24,25)26)33-37(13)18-12(23)3-10(22)6-28-18/h2-6H,7H2,1H3,(H2,27,38)(H,29,31)(H,30,39). The van der Waals surface area contributed by atoms with Crippen LogP contribution in [0.2, 0.25) is 10.0 Å². The number of aromatic amines is 1. The van der Waals surface area contributed by atoms with Gasteiger partial charge in [-0.15, -0.1) is 10.2 Å². The normalized spacial score (nSPS) is 11.7. The molecule has 0 unspecified atom stereocenters. The number of carbonyl (C=O) groups excluding carboxylic acids is 2. The molecule has 13 nitrogen and oxygen atoms in total. The molecule has 5 rings (SSSR count). The van der Waals surface area contributed by atoms with Gasteiger partial charge in [0.2, 0.25) is 0 Å². The molecule has 0 fully saturated rings. The van der Waals surface area contributed by atoms with E-state index in [4.69, 9.17) is 28.9 Å². The van der Waals surface area contributed by atoms with E-state index in [-0.39, 0.29) is 45.0 Å². The number of pyridine rings is 1. The average molecular weight is 580 g/mol. The van der Waals surface area contributed by atoms with Gasteiger partial charge in [-0.3, -0.25) is 14.7 Å². The fraction of sp³-hybridized carbons (Fsp3) is 0.143. The number of alkyl halides is 3. The first kappa shape index (κ1) is 26.1. The number of rotatable bonds is 6. The predicted molar refractivity (Wildman–Crippen MR) is 131 cm³/mol. The van der Waals surface area contributed by atoms with Crippen molar-refractivity contribution in [3.8, 4) is 5.82 Å². The van der Waals surface area contributed by atoms with Gasteiger partial charge in [0.1, 0.15) is 12.2 Å². The third-order valence-electron chi connectivity index (χ3n) is 5.41. The van der Waals surface area contributed by atoms with Crippen molar-refractivity contribution in [2.45, 2.75) is 19.6 Å². The highest BCUT2D eigenvalue weighted by Gasteiger charge is 2.37. The lowest BCUT2D eigenvalue weighted by molar-refractivity contribution is -0.145. The average Bonchev–Trinajstić information content (AvgIpc) is 3.59. The minimum absolute atomic E-state index is 0.00344. The number of carbonyl (C=O) groups is 2. The van der Waals surface area contributed by atoms with Crippen LogP contribution < -0.4 is 11.1 Å². The first-order chi connectivity index (χ1) is 18.4. The molecule has 0 saturated heterocycles. The van der Waals surface area contributed by atoms with Crippen molar-refractivity contribution >= 4 is 51.6 Å². The summed E-state index contributed by atoms with van der Waals surface area (Å²) in [4.78, 5) is 30.6. The molecule has 4 heterocycles. The van der Waals surface area contributed by atoms with Crippen molar-refractivity contribution in [1.29, 1.82) is 0 Å². The third-order valence-corrected chi connectivity index (χ3v) is 5.90. The minimum atomic E-state index is -4.80. The van der Waals surface area contributed by atoms with Crippen LogP contribution in [0.15, 0.2) is 30.6 Å². The molecule has 4 aromatic heterocycles. The Balaban J connectivity index is 1.58. The molecule has 0 aliphatic heterocycles. The molecule has 2 amide bonds. The highest BCUT2D eigenvalue weighted by molar-refractivity contribution is 6.35. The third kappa shape index (κ3) is 4.98. The number of H-pyrrole nitrogens is 1. The zero-order valence-electron chi connectivity index (χ0n) is 19.5. The lowest BCUT2D eigenvalue weighted by Gasteiger charge is -2.14. The quantitative estimate of drug-likeness (QED) is 0.275. The minimum Gasteiger partial charge on any atom is -0.365 e. The Labute approximate surface area is 225 Å². The Bertz CT molecular complexity index is 1760. The van der Waals surface area contributed by atoms with Gasteiger partial charge in [-0.1, -0.05) is 23.2 Å². The Hall–Kier alpha value is -4.57. The number of aryl methyl sites for hydroxylation is 1. The maximum absolute atomic E-state index is 13.5. The molecule has 200 valence electrons. The number of aromatic nitrogens is 9. The van der Waals surface area contributed by atoms with Crippen molar-refractivity contribution in [1.82, 2.24) is 45.2 Å². The summed E-state index contributed by atoms with van der Waals surface area (Å²) in [6.45, 7) is 1.27. The van der Waals surface area contributed by atoms with Gasteiger partial charge in [-0.2, -0.15) is 28.2 Å². The monoisotopic (exact) mass is 579 g/mol. The Kier molecular flexibility index (Phi) is 6.43. The Morgan fingerprint density at radius 2 is 1.92 bits per heavy atom. The molecule has 18 heteroatoms. The van der Waals surface area contributed by atoms with Crippen molar-refractivity contribution in [2.24, 2.45) is 5.73 Å². The summed E-state index contributed by atoms with van der Waals surface area (Å²) >= 11 is 12.2. The lowest BCUT2D eigenvalue weighted by atomic mass is 10.0. The van der Waals surface area contributed by atoms with Gasteiger partial charge in [0.05, 0.1) is 38.7 Å². The smallest absolute Gasteiger partial charge is 0.365 e. The van der Waals surface area contributed by atoms with Crippen LogP contribution in [0.25, 0.3) is 16.7 Å². The molecule has 4 N–H and O–H groups in total. The molecule has 0 aliphatic rings. The molecule has 0 radical (unpaired) electrons. The fourth-order valence-electron chi connectivity index (χ4n) is 3.78. The summed E-state index contributed by atoms with van der Waals surface area (Å²) in [5.41, 5.74) is 6.46. The molecule has 5 aromatic rings. The van der Waals surface area contributed by atoms with Crippen molar-refractivity contribution < 1.29 is 22.8 Å². The van der Waals surface area contributed by atoms with Crippen LogP contribution >= 0.6 is 23.2 Å². The highest BCUT2D eigenvalue weighted by Crippen LogP contribution is 2.30. The lowest BCUT2D eigenvalue weighted by Crippen LogP contribution is -2.22. The van der Waals surface area contributed by atoms with E-state index in [9.17, 15) is 22.8 Å². The number of halogens is 5. The van der Waals surface area contributed by atoms with Crippen molar-refractivity contribution in [3.63, 3.8) is 0 Å². The first-order valence-electron chi connectivity index (χ1n) is 10.8. The number of anilines is 1. The number of amides is 2. The topological polar surface area (TPSA) is 175 Å². The molecule has 0 spiro atoms. The summed E-state index contributed by atoms with van der Waals surface area (Å²) in [5.74, 6) is -3.03. The van der Waals surface area contributed by atoms with Gasteiger partial charge < -0.3 is 11.1 Å². The molecular weight excluding hydrogens is 566 g/mol. The van der Waals surface area contributed by atoms with Crippen LogP contribution in [0.5, 0.6) is 0 Å². The predicted octanol–water partition coefficient (Wildman–Crippen LogP) is 3.16. The number of tetrazole rings is 1. The van der Waals surface area contributed by atoms with Crippen LogP contribution in [-0.2, 0) is 12.7 Å². The van der Waals surface area contributed by atoms with Gasteiger partial charge in [0, 0.05) is 11.6 Å². The van der Waals surface area contributed by atoms with Crippen molar-refractivity contribution in [3.05, 3.63) is 69.0 Å². The van der Waals surface area contributed by atoms with E-state index >= 15 is 0 Å². The van der Waals surface area contributed by atoms with Crippen LogP contribution in [0, 0.1) is 6.92 Å². The molecule has 0 atom stereocenters. The van der Waals surface area contributed by atoms with Crippen LogP contribution in [0.1, 0.15) is 37.9 Å².